The monoisotopic (exact) mass is 379 g/mol. The zero-order valence-electron chi connectivity index (χ0n) is 16.1. The van der Waals surface area contributed by atoms with Crippen molar-refractivity contribution in [3.8, 4) is 5.75 Å². The van der Waals surface area contributed by atoms with Gasteiger partial charge >= 0.3 is 6.03 Å². The number of hydrogen-bond donors (Lipinski definition) is 1. The first-order chi connectivity index (χ1) is 13.6. The van der Waals surface area contributed by atoms with Gasteiger partial charge in [0.15, 0.2) is 0 Å². The number of urea groups is 1. The molecule has 1 saturated heterocycles. The molecule has 0 aromatic heterocycles. The lowest BCUT2D eigenvalue weighted by molar-refractivity contribution is 0.0671. The van der Waals surface area contributed by atoms with Gasteiger partial charge in [0.1, 0.15) is 12.4 Å². The average Bonchev–Trinajstić information content (AvgIpc) is 2.72. The molecular weight excluding hydrogens is 354 g/mol. The summed E-state index contributed by atoms with van der Waals surface area (Å²) in [5.41, 5.74) is 2.49. The molecule has 1 heterocycles. The van der Waals surface area contributed by atoms with Crippen molar-refractivity contribution in [2.75, 3.05) is 38.1 Å². The first-order valence-electron chi connectivity index (χ1n) is 9.32. The predicted octanol–water partition coefficient (Wildman–Crippen LogP) is 3.55. The highest BCUT2D eigenvalue weighted by atomic mass is 16.5. The maximum atomic E-state index is 12.7. The normalized spacial score (nSPS) is 13.8. The van der Waals surface area contributed by atoms with E-state index in [1.54, 1.807) is 40.1 Å². The third-order valence-electron chi connectivity index (χ3n) is 4.59. The lowest BCUT2D eigenvalue weighted by atomic mass is 10.1. The second-order valence-corrected chi connectivity index (χ2v) is 6.70. The summed E-state index contributed by atoms with van der Waals surface area (Å²) >= 11 is 0. The Kier molecular flexibility index (Phi) is 6.32. The third-order valence-corrected chi connectivity index (χ3v) is 4.59. The van der Waals surface area contributed by atoms with E-state index in [9.17, 15) is 9.59 Å². The van der Waals surface area contributed by atoms with Gasteiger partial charge in [-0.3, -0.25) is 4.79 Å². The van der Waals surface area contributed by atoms with E-state index in [0.29, 0.717) is 44.1 Å². The molecule has 0 aliphatic carbocycles. The van der Waals surface area contributed by atoms with Gasteiger partial charge in [-0.2, -0.15) is 0 Å². The molecule has 3 rings (SSSR count). The largest absolute Gasteiger partial charge is 0.490 e. The van der Waals surface area contributed by atoms with Gasteiger partial charge in [0.2, 0.25) is 0 Å². The zero-order chi connectivity index (χ0) is 19.9. The van der Waals surface area contributed by atoms with Crippen molar-refractivity contribution < 1.29 is 14.3 Å². The van der Waals surface area contributed by atoms with Crippen LogP contribution in [0.5, 0.6) is 5.75 Å². The Bertz CT molecular complexity index is 840. The number of amides is 3. The van der Waals surface area contributed by atoms with Crippen molar-refractivity contribution in [2.24, 2.45) is 0 Å². The van der Waals surface area contributed by atoms with Gasteiger partial charge in [-0.1, -0.05) is 24.8 Å². The highest BCUT2D eigenvalue weighted by molar-refractivity contribution is 5.95. The predicted molar refractivity (Wildman–Crippen MR) is 110 cm³/mol. The van der Waals surface area contributed by atoms with Crippen LogP contribution in [-0.2, 0) is 0 Å². The van der Waals surface area contributed by atoms with Crippen molar-refractivity contribution in [1.82, 2.24) is 9.80 Å². The van der Waals surface area contributed by atoms with Crippen LogP contribution in [0.1, 0.15) is 15.9 Å². The molecule has 0 unspecified atom stereocenters. The highest BCUT2D eigenvalue weighted by Gasteiger charge is 2.25. The molecule has 146 valence electrons. The minimum atomic E-state index is -0.138. The van der Waals surface area contributed by atoms with Crippen LogP contribution in [-0.4, -0.2) is 54.5 Å². The van der Waals surface area contributed by atoms with Gasteiger partial charge in [-0.05, 0) is 48.9 Å². The lowest BCUT2D eigenvalue weighted by Crippen LogP contribution is -2.51. The second kappa shape index (κ2) is 9.08. The van der Waals surface area contributed by atoms with E-state index in [4.69, 9.17) is 4.74 Å². The first-order valence-corrected chi connectivity index (χ1v) is 9.32. The fourth-order valence-corrected chi connectivity index (χ4v) is 3.07. The summed E-state index contributed by atoms with van der Waals surface area (Å²) in [7, 11) is 0. The van der Waals surface area contributed by atoms with Crippen molar-refractivity contribution in [3.63, 3.8) is 0 Å². The molecular formula is C22H25N3O3. The Morgan fingerprint density at radius 3 is 2.39 bits per heavy atom. The number of nitrogens with zero attached hydrogens (tertiary/aromatic N) is 2. The number of anilines is 1. The second-order valence-electron chi connectivity index (χ2n) is 6.70. The standard InChI is InChI=1S/C22H25N3O3/c1-3-15-28-20-9-7-18(8-10-20)21(26)24-11-13-25(14-12-24)22(27)23-19-6-4-5-17(2)16-19/h3-10,16H,1,11-15H2,2H3,(H,23,27). The van der Waals surface area contributed by atoms with E-state index < -0.39 is 0 Å². The van der Waals surface area contributed by atoms with Crippen LogP contribution < -0.4 is 10.1 Å². The van der Waals surface area contributed by atoms with Gasteiger partial charge < -0.3 is 19.9 Å². The molecule has 3 amide bonds. The van der Waals surface area contributed by atoms with E-state index in [1.807, 2.05) is 31.2 Å². The summed E-state index contributed by atoms with van der Waals surface area (Å²) < 4.78 is 5.44. The first kappa shape index (κ1) is 19.5. The minimum Gasteiger partial charge on any atom is -0.490 e. The fraction of sp³-hybridized carbons (Fsp3) is 0.273. The number of rotatable bonds is 5. The van der Waals surface area contributed by atoms with Crippen LogP contribution in [0, 0.1) is 6.92 Å². The van der Waals surface area contributed by atoms with Crippen molar-refractivity contribution >= 4 is 17.6 Å². The number of nitrogens with one attached hydrogen (secondary N) is 1. The van der Waals surface area contributed by atoms with Crippen LogP contribution in [0.15, 0.2) is 61.2 Å². The molecule has 28 heavy (non-hydrogen) atoms. The van der Waals surface area contributed by atoms with Crippen molar-refractivity contribution in [1.29, 1.82) is 0 Å². The number of benzene rings is 2. The molecule has 1 aliphatic rings. The molecule has 0 atom stereocenters. The molecule has 1 fully saturated rings. The van der Waals surface area contributed by atoms with Crippen molar-refractivity contribution in [2.45, 2.75) is 6.92 Å². The van der Waals surface area contributed by atoms with Crippen LogP contribution in [0.4, 0.5) is 10.5 Å². The quantitative estimate of drug-likeness (QED) is 0.808. The number of carbonyl (C=O) groups excluding carboxylic acids is 2. The number of aryl methyl sites for hydroxylation is 1. The zero-order valence-corrected chi connectivity index (χ0v) is 16.1. The Hall–Kier alpha value is -3.28. The Morgan fingerprint density at radius 1 is 1.07 bits per heavy atom. The summed E-state index contributed by atoms with van der Waals surface area (Å²) in [5.74, 6) is 0.670. The van der Waals surface area contributed by atoms with Crippen LogP contribution >= 0.6 is 0 Å². The molecule has 2 aromatic carbocycles. The molecule has 0 saturated carbocycles. The van der Waals surface area contributed by atoms with E-state index in [0.717, 1.165) is 11.3 Å². The summed E-state index contributed by atoms with van der Waals surface area (Å²) in [6, 6.07) is 14.6. The van der Waals surface area contributed by atoms with Gasteiger partial charge in [-0.25, -0.2) is 4.79 Å². The fourth-order valence-electron chi connectivity index (χ4n) is 3.07. The Labute approximate surface area is 165 Å². The average molecular weight is 379 g/mol. The summed E-state index contributed by atoms with van der Waals surface area (Å²) in [5, 5.41) is 2.91. The minimum absolute atomic E-state index is 0.0333. The van der Waals surface area contributed by atoms with Crippen LogP contribution in [0.25, 0.3) is 0 Å². The molecule has 2 aromatic rings. The summed E-state index contributed by atoms with van der Waals surface area (Å²) in [4.78, 5) is 28.6. The molecule has 0 radical (unpaired) electrons. The molecule has 0 bridgehead atoms. The number of piperazine rings is 1. The molecule has 0 spiro atoms. The summed E-state index contributed by atoms with van der Waals surface area (Å²) in [6.45, 7) is 8.05. The van der Waals surface area contributed by atoms with Gasteiger partial charge in [0, 0.05) is 37.4 Å². The smallest absolute Gasteiger partial charge is 0.321 e. The Balaban J connectivity index is 1.52. The van der Waals surface area contributed by atoms with E-state index in [-0.39, 0.29) is 11.9 Å². The summed E-state index contributed by atoms with van der Waals surface area (Å²) in [6.07, 6.45) is 1.67. The van der Waals surface area contributed by atoms with E-state index >= 15 is 0 Å². The van der Waals surface area contributed by atoms with Gasteiger partial charge in [-0.15, -0.1) is 0 Å². The maximum Gasteiger partial charge on any atom is 0.321 e. The highest BCUT2D eigenvalue weighted by Crippen LogP contribution is 2.16. The third kappa shape index (κ3) is 4.91. The number of carbonyl (C=O) groups is 2. The number of hydrogen-bond acceptors (Lipinski definition) is 3. The molecule has 1 N–H and O–H groups in total. The maximum absolute atomic E-state index is 12.7. The van der Waals surface area contributed by atoms with E-state index in [2.05, 4.69) is 11.9 Å². The topological polar surface area (TPSA) is 61.9 Å². The molecule has 6 nitrogen and oxygen atoms in total. The van der Waals surface area contributed by atoms with Crippen LogP contribution in [0.2, 0.25) is 0 Å². The molecule has 1 aliphatic heterocycles. The van der Waals surface area contributed by atoms with E-state index in [1.165, 1.54) is 0 Å². The van der Waals surface area contributed by atoms with Crippen LogP contribution in [0.3, 0.4) is 0 Å². The van der Waals surface area contributed by atoms with Gasteiger partial charge in [0.05, 0.1) is 0 Å². The number of ether oxygens (including phenoxy) is 1. The SMILES string of the molecule is C=CCOc1ccc(C(=O)N2CCN(C(=O)Nc3cccc(C)c3)CC2)cc1. The molecule has 6 heteroatoms. The Morgan fingerprint density at radius 2 is 1.75 bits per heavy atom. The lowest BCUT2D eigenvalue weighted by Gasteiger charge is -2.34. The van der Waals surface area contributed by atoms with Gasteiger partial charge in [0.25, 0.3) is 5.91 Å². The van der Waals surface area contributed by atoms with Crippen molar-refractivity contribution in [3.05, 3.63) is 72.3 Å².